The van der Waals surface area contributed by atoms with Gasteiger partial charge in [0.05, 0.1) is 6.61 Å². The lowest BCUT2D eigenvalue weighted by atomic mass is 10.0. The second kappa shape index (κ2) is 5.30. The Hall–Kier alpha value is -2.04. The number of carbonyl (C=O) groups is 2. The normalized spacial score (nSPS) is 26.7. The first kappa shape index (κ1) is 14.9. The maximum Gasteiger partial charge on any atom is 0.330 e. The van der Waals surface area contributed by atoms with Gasteiger partial charge in [-0.1, -0.05) is 19.9 Å². The highest BCUT2D eigenvalue weighted by atomic mass is 16.5. The van der Waals surface area contributed by atoms with Crippen LogP contribution < -0.4 is 10.1 Å². The molecule has 1 saturated carbocycles. The van der Waals surface area contributed by atoms with Gasteiger partial charge in [0.15, 0.2) is 6.04 Å². The van der Waals surface area contributed by atoms with E-state index in [1.54, 1.807) is 12.1 Å². The van der Waals surface area contributed by atoms with E-state index in [0.29, 0.717) is 12.2 Å². The number of hydrogen-bond donors (Lipinski definition) is 2. The number of rotatable bonds is 5. The fraction of sp³-hybridized carbons (Fsp3) is 0.529. The Bertz CT molecular complexity index is 627. The molecule has 0 bridgehead atoms. The summed E-state index contributed by atoms with van der Waals surface area (Å²) in [5, 5.41) is 12.2. The molecule has 3 rings (SSSR count). The minimum Gasteiger partial charge on any atom is -0.493 e. The molecule has 1 aromatic carbocycles. The summed E-state index contributed by atoms with van der Waals surface area (Å²) in [6.45, 7) is 4.75. The molecule has 118 valence electrons. The number of amides is 1. The maximum absolute atomic E-state index is 12.3. The monoisotopic (exact) mass is 303 g/mol. The zero-order chi connectivity index (χ0) is 15.9. The molecular formula is C17H21NO4. The van der Waals surface area contributed by atoms with Crippen molar-refractivity contribution in [3.05, 3.63) is 29.3 Å². The summed E-state index contributed by atoms with van der Waals surface area (Å²) in [4.78, 5) is 23.9. The number of carbonyl (C=O) groups excluding carboxylic acids is 1. The average molecular weight is 303 g/mol. The first-order valence-electron chi connectivity index (χ1n) is 7.73. The Labute approximate surface area is 129 Å². The number of ether oxygens (including phenoxy) is 1. The largest absolute Gasteiger partial charge is 0.493 e. The Balaban J connectivity index is 1.76. The van der Waals surface area contributed by atoms with E-state index in [0.717, 1.165) is 30.6 Å². The minimum atomic E-state index is -1.04. The topological polar surface area (TPSA) is 75.6 Å². The second-order valence-corrected chi connectivity index (χ2v) is 6.51. The van der Waals surface area contributed by atoms with Crippen LogP contribution in [0.1, 0.15) is 43.9 Å². The van der Waals surface area contributed by atoms with E-state index in [-0.39, 0.29) is 17.2 Å². The lowest BCUT2D eigenvalue weighted by molar-refractivity contribution is -0.142. The van der Waals surface area contributed by atoms with Gasteiger partial charge in [-0.3, -0.25) is 4.79 Å². The Morgan fingerprint density at radius 1 is 1.50 bits per heavy atom. The van der Waals surface area contributed by atoms with Crippen molar-refractivity contribution in [2.45, 2.75) is 39.2 Å². The fourth-order valence-electron chi connectivity index (χ4n) is 3.12. The summed E-state index contributed by atoms with van der Waals surface area (Å²) in [5.41, 5.74) is 1.63. The van der Waals surface area contributed by atoms with Gasteiger partial charge in [-0.25, -0.2) is 4.79 Å². The van der Waals surface area contributed by atoms with Gasteiger partial charge in [-0.15, -0.1) is 0 Å². The number of aliphatic carboxylic acids is 1. The molecule has 3 atom stereocenters. The number of nitrogens with one attached hydrogen (secondary N) is 1. The Kier molecular flexibility index (Phi) is 3.59. The van der Waals surface area contributed by atoms with Gasteiger partial charge in [0.25, 0.3) is 0 Å². The summed E-state index contributed by atoms with van der Waals surface area (Å²) in [6.07, 6.45) is 2.54. The highest BCUT2D eigenvalue weighted by molar-refractivity contribution is 5.88. The third kappa shape index (κ3) is 2.56. The first-order chi connectivity index (χ1) is 10.4. The van der Waals surface area contributed by atoms with Crippen molar-refractivity contribution in [1.29, 1.82) is 0 Å². The van der Waals surface area contributed by atoms with Crippen LogP contribution in [0.3, 0.4) is 0 Å². The highest BCUT2D eigenvalue weighted by Gasteiger charge is 2.53. The third-order valence-electron chi connectivity index (χ3n) is 5.06. The molecule has 22 heavy (non-hydrogen) atoms. The van der Waals surface area contributed by atoms with Crippen LogP contribution in [0.15, 0.2) is 18.2 Å². The number of benzene rings is 1. The first-order valence-corrected chi connectivity index (χ1v) is 7.73. The van der Waals surface area contributed by atoms with Gasteiger partial charge >= 0.3 is 5.97 Å². The summed E-state index contributed by atoms with van der Waals surface area (Å²) < 4.78 is 5.43. The SMILES string of the molecule is CCC1(C)CC1C(=O)NC(C(=O)O)c1ccc2c(c1)CCO2. The van der Waals surface area contributed by atoms with Crippen molar-refractivity contribution in [1.82, 2.24) is 5.32 Å². The van der Waals surface area contributed by atoms with Gasteiger partial charge in [0.1, 0.15) is 5.75 Å². The van der Waals surface area contributed by atoms with E-state index in [9.17, 15) is 14.7 Å². The molecule has 1 heterocycles. The minimum absolute atomic E-state index is 0.0267. The summed E-state index contributed by atoms with van der Waals surface area (Å²) >= 11 is 0. The molecular weight excluding hydrogens is 282 g/mol. The summed E-state index contributed by atoms with van der Waals surface area (Å²) in [6, 6.07) is 4.33. The van der Waals surface area contributed by atoms with E-state index < -0.39 is 12.0 Å². The lowest BCUT2D eigenvalue weighted by Crippen LogP contribution is -2.35. The van der Waals surface area contributed by atoms with Crippen molar-refractivity contribution >= 4 is 11.9 Å². The van der Waals surface area contributed by atoms with Crippen LogP contribution >= 0.6 is 0 Å². The van der Waals surface area contributed by atoms with Crippen LogP contribution in [0.4, 0.5) is 0 Å². The van der Waals surface area contributed by atoms with Crippen molar-refractivity contribution in [3.63, 3.8) is 0 Å². The molecule has 2 aliphatic rings. The number of hydrogen-bond acceptors (Lipinski definition) is 3. The molecule has 1 fully saturated rings. The van der Waals surface area contributed by atoms with Crippen LogP contribution in [0.5, 0.6) is 5.75 Å². The Morgan fingerprint density at radius 3 is 2.91 bits per heavy atom. The quantitative estimate of drug-likeness (QED) is 0.875. The van der Waals surface area contributed by atoms with Gasteiger partial charge in [-0.2, -0.15) is 0 Å². The maximum atomic E-state index is 12.3. The average Bonchev–Trinajstić information content (AvgIpc) is 2.97. The van der Waals surface area contributed by atoms with Crippen LogP contribution in [0.2, 0.25) is 0 Å². The van der Waals surface area contributed by atoms with Crippen molar-refractivity contribution in [2.24, 2.45) is 11.3 Å². The molecule has 0 aromatic heterocycles. The smallest absolute Gasteiger partial charge is 0.330 e. The second-order valence-electron chi connectivity index (χ2n) is 6.51. The van der Waals surface area contributed by atoms with E-state index in [2.05, 4.69) is 19.2 Å². The molecule has 5 nitrogen and oxygen atoms in total. The molecule has 0 saturated heterocycles. The molecule has 1 aromatic rings. The van der Waals surface area contributed by atoms with Crippen LogP contribution in [0.25, 0.3) is 0 Å². The highest BCUT2D eigenvalue weighted by Crippen LogP contribution is 2.54. The van der Waals surface area contributed by atoms with Crippen molar-refractivity contribution < 1.29 is 19.4 Å². The van der Waals surface area contributed by atoms with Crippen LogP contribution in [-0.4, -0.2) is 23.6 Å². The molecule has 3 unspecified atom stereocenters. The molecule has 1 aliphatic heterocycles. The standard InChI is InChI=1S/C17H21NO4/c1-3-17(2)9-12(17)15(19)18-14(16(20)21)11-4-5-13-10(8-11)6-7-22-13/h4-5,8,12,14H,3,6-7,9H2,1-2H3,(H,18,19)(H,20,21). The van der Waals surface area contributed by atoms with E-state index in [1.807, 2.05) is 6.07 Å². The molecule has 0 radical (unpaired) electrons. The molecule has 1 aliphatic carbocycles. The van der Waals surface area contributed by atoms with E-state index >= 15 is 0 Å². The predicted molar refractivity (Wildman–Crippen MR) is 80.7 cm³/mol. The molecule has 2 N–H and O–H groups in total. The van der Waals surface area contributed by atoms with Gasteiger partial charge in [0.2, 0.25) is 5.91 Å². The lowest BCUT2D eigenvalue weighted by Gasteiger charge is -2.17. The fourth-order valence-corrected chi connectivity index (χ4v) is 3.12. The van der Waals surface area contributed by atoms with Gasteiger partial charge < -0.3 is 15.2 Å². The zero-order valence-electron chi connectivity index (χ0n) is 12.9. The number of carboxylic acids is 1. The molecule has 0 spiro atoms. The van der Waals surface area contributed by atoms with Crippen LogP contribution in [0, 0.1) is 11.3 Å². The molecule has 1 amide bonds. The third-order valence-corrected chi connectivity index (χ3v) is 5.06. The summed E-state index contributed by atoms with van der Waals surface area (Å²) in [7, 11) is 0. The zero-order valence-corrected chi connectivity index (χ0v) is 12.9. The van der Waals surface area contributed by atoms with Gasteiger partial charge in [0, 0.05) is 12.3 Å². The number of fused-ring (bicyclic) bond motifs is 1. The number of carboxylic acid groups (broad SMARTS) is 1. The van der Waals surface area contributed by atoms with E-state index in [1.165, 1.54) is 0 Å². The Morgan fingerprint density at radius 2 is 2.27 bits per heavy atom. The van der Waals surface area contributed by atoms with E-state index in [4.69, 9.17) is 4.74 Å². The van der Waals surface area contributed by atoms with Crippen molar-refractivity contribution in [3.8, 4) is 5.75 Å². The predicted octanol–water partition coefficient (Wildman–Crippen LogP) is 2.30. The molecule has 5 heteroatoms. The van der Waals surface area contributed by atoms with Crippen LogP contribution in [-0.2, 0) is 16.0 Å². The van der Waals surface area contributed by atoms with Crippen molar-refractivity contribution in [2.75, 3.05) is 6.61 Å². The van der Waals surface area contributed by atoms with Gasteiger partial charge in [-0.05, 0) is 41.5 Å². The summed E-state index contributed by atoms with van der Waals surface area (Å²) in [5.74, 6) is -0.461.